The van der Waals surface area contributed by atoms with Crippen molar-refractivity contribution in [2.24, 2.45) is 0 Å². The summed E-state index contributed by atoms with van der Waals surface area (Å²) in [6.45, 7) is 0. The van der Waals surface area contributed by atoms with Crippen molar-refractivity contribution in [1.29, 1.82) is 0 Å². The van der Waals surface area contributed by atoms with Crippen LogP contribution in [0.1, 0.15) is 33.1 Å². The van der Waals surface area contributed by atoms with Crippen molar-refractivity contribution in [3.8, 4) is 0 Å². The average molecular weight is 340 g/mol. The van der Waals surface area contributed by atoms with Crippen LogP contribution in [-0.4, -0.2) is 26.2 Å². The zero-order chi connectivity index (χ0) is 17.5. The van der Waals surface area contributed by atoms with Gasteiger partial charge in [-0.2, -0.15) is 0 Å². The highest BCUT2D eigenvalue weighted by atomic mass is 16.1. The molecular formula is C21H16N4O. The Morgan fingerprint density at radius 2 is 1.12 bits per heavy atom. The van der Waals surface area contributed by atoms with Crippen LogP contribution in [0.5, 0.6) is 0 Å². The molecule has 126 valence electrons. The molecule has 26 heavy (non-hydrogen) atoms. The Hall–Kier alpha value is -3.73. The number of hydrogen-bond donors (Lipinski definition) is 4. The van der Waals surface area contributed by atoms with Crippen LogP contribution in [0, 0.1) is 0 Å². The number of rotatable bonds is 1. The maximum Gasteiger partial charge on any atom is 0.152 e. The molecule has 0 saturated heterocycles. The second kappa shape index (κ2) is 5.67. The van der Waals surface area contributed by atoms with E-state index in [1.807, 2.05) is 48.6 Å². The smallest absolute Gasteiger partial charge is 0.152 e. The Morgan fingerprint density at radius 3 is 1.69 bits per heavy atom. The lowest BCUT2D eigenvalue weighted by Gasteiger charge is -1.89. The zero-order valence-corrected chi connectivity index (χ0v) is 13.8. The van der Waals surface area contributed by atoms with E-state index in [2.05, 4.69) is 38.2 Å². The standard InChI is InChI=1S/C21H16N4O/c26-12-13-7-20-10-18-4-3-16(23-18)8-14-1-2-15(22-14)9-17-5-6-19(24-17)11-21(13)25-20/h1-12,22-25H. The minimum Gasteiger partial charge on any atom is -0.355 e. The molecule has 4 aromatic rings. The number of fused-ring (bicyclic) bond motifs is 8. The number of aromatic nitrogens is 4. The highest BCUT2D eigenvalue weighted by molar-refractivity contribution is 5.76. The number of aromatic amines is 4. The van der Waals surface area contributed by atoms with Gasteiger partial charge in [0.15, 0.2) is 6.29 Å². The largest absolute Gasteiger partial charge is 0.355 e. The van der Waals surface area contributed by atoms with E-state index in [1.165, 1.54) is 0 Å². The Labute approximate surface area is 148 Å². The van der Waals surface area contributed by atoms with Gasteiger partial charge in [0, 0.05) is 44.4 Å². The van der Waals surface area contributed by atoms with Crippen LogP contribution < -0.4 is 21.4 Å². The van der Waals surface area contributed by atoms with Gasteiger partial charge in [-0.3, -0.25) is 4.79 Å². The van der Waals surface area contributed by atoms with E-state index in [4.69, 9.17) is 0 Å². The van der Waals surface area contributed by atoms with E-state index in [1.54, 1.807) is 0 Å². The third-order valence-corrected chi connectivity index (χ3v) is 4.45. The normalized spacial score (nSPS) is 12.5. The topological polar surface area (TPSA) is 80.2 Å². The van der Waals surface area contributed by atoms with Gasteiger partial charge in [-0.15, -0.1) is 0 Å². The van der Waals surface area contributed by atoms with Gasteiger partial charge in [0.25, 0.3) is 0 Å². The minimum atomic E-state index is 0.632. The molecule has 0 spiro atoms. The van der Waals surface area contributed by atoms with E-state index in [-0.39, 0.29) is 0 Å². The fraction of sp³-hybridized carbons (Fsp3) is 0. The second-order valence-corrected chi connectivity index (χ2v) is 6.40. The summed E-state index contributed by atoms with van der Waals surface area (Å²) in [5.74, 6) is 0. The molecule has 4 aromatic heterocycles. The molecule has 0 aliphatic carbocycles. The SMILES string of the molecule is O=Cc1cc2[nH]c1=Cc1ccc([nH]1)C=c1ccc([nH]1)=Cc1ccc([nH]1)C=2. The molecule has 5 heterocycles. The van der Waals surface area contributed by atoms with E-state index >= 15 is 0 Å². The average Bonchev–Trinajstić information content (AvgIpc) is 3.39. The summed E-state index contributed by atoms with van der Waals surface area (Å²) in [5, 5.41) is 3.71. The molecule has 0 aromatic carbocycles. The van der Waals surface area contributed by atoms with Crippen LogP contribution in [0.2, 0.25) is 0 Å². The Kier molecular flexibility index (Phi) is 3.18. The predicted octanol–water partition coefficient (Wildman–Crippen LogP) is 0.440. The first-order chi connectivity index (χ1) is 12.7. The summed E-state index contributed by atoms with van der Waals surface area (Å²) in [4.78, 5) is 24.8. The third kappa shape index (κ3) is 2.65. The van der Waals surface area contributed by atoms with Crippen molar-refractivity contribution in [2.75, 3.05) is 0 Å². The molecule has 5 heteroatoms. The first-order valence-electron chi connectivity index (χ1n) is 8.39. The molecule has 0 radical (unpaired) electrons. The Balaban J connectivity index is 1.82. The highest BCUT2D eigenvalue weighted by Gasteiger charge is 2.01. The molecule has 5 nitrogen and oxygen atoms in total. The highest BCUT2D eigenvalue weighted by Crippen LogP contribution is 2.05. The number of carbonyl (C=O) groups excluding carboxylic acids is 1. The summed E-state index contributed by atoms with van der Waals surface area (Å²) in [6, 6.07) is 14.0. The zero-order valence-electron chi connectivity index (χ0n) is 13.8. The van der Waals surface area contributed by atoms with Crippen molar-refractivity contribution in [3.63, 3.8) is 0 Å². The lowest BCUT2D eigenvalue weighted by molar-refractivity contribution is 0.112. The maximum atomic E-state index is 11.4. The van der Waals surface area contributed by atoms with E-state index < -0.39 is 0 Å². The Morgan fingerprint density at radius 1 is 0.577 bits per heavy atom. The molecule has 1 aliphatic rings. The monoisotopic (exact) mass is 340 g/mol. The van der Waals surface area contributed by atoms with Crippen LogP contribution >= 0.6 is 0 Å². The summed E-state index contributed by atoms with van der Waals surface area (Å²) < 4.78 is 0. The van der Waals surface area contributed by atoms with E-state index in [9.17, 15) is 4.79 Å². The van der Waals surface area contributed by atoms with Crippen molar-refractivity contribution >= 4 is 30.6 Å². The number of aldehydes is 1. The van der Waals surface area contributed by atoms with Crippen LogP contribution in [0.3, 0.4) is 0 Å². The number of carbonyl (C=O) groups is 1. The Bertz CT molecular complexity index is 1360. The molecule has 0 atom stereocenters. The van der Waals surface area contributed by atoms with Gasteiger partial charge in [0.2, 0.25) is 0 Å². The van der Waals surface area contributed by atoms with Crippen molar-refractivity contribution in [3.05, 3.63) is 92.2 Å². The first-order valence-corrected chi connectivity index (χ1v) is 8.39. The lowest BCUT2D eigenvalue weighted by Crippen LogP contribution is -2.12. The molecule has 0 fully saturated rings. The molecule has 0 unspecified atom stereocenters. The van der Waals surface area contributed by atoms with Crippen LogP contribution in [0.4, 0.5) is 0 Å². The summed E-state index contributed by atoms with van der Waals surface area (Å²) in [6.07, 6.45) is 8.92. The van der Waals surface area contributed by atoms with Crippen LogP contribution in [0.25, 0.3) is 24.3 Å². The van der Waals surface area contributed by atoms with Gasteiger partial charge in [0.05, 0.1) is 5.35 Å². The van der Waals surface area contributed by atoms with Crippen LogP contribution in [-0.2, 0) is 0 Å². The number of hydrogen-bond acceptors (Lipinski definition) is 1. The van der Waals surface area contributed by atoms with E-state index in [0.29, 0.717) is 5.56 Å². The molecule has 5 rings (SSSR count). The lowest BCUT2D eigenvalue weighted by atomic mass is 10.3. The van der Waals surface area contributed by atoms with Crippen LogP contribution in [0.15, 0.2) is 42.5 Å². The maximum absolute atomic E-state index is 11.4. The summed E-state index contributed by atoms with van der Waals surface area (Å²) in [7, 11) is 0. The quantitative estimate of drug-likeness (QED) is 0.328. The van der Waals surface area contributed by atoms with Crippen molar-refractivity contribution in [2.45, 2.75) is 0 Å². The second-order valence-electron chi connectivity index (χ2n) is 6.40. The van der Waals surface area contributed by atoms with Gasteiger partial charge < -0.3 is 19.9 Å². The molecule has 8 bridgehead atoms. The summed E-state index contributed by atoms with van der Waals surface area (Å²) >= 11 is 0. The molecular weight excluding hydrogens is 324 g/mol. The van der Waals surface area contributed by atoms with Gasteiger partial charge in [-0.25, -0.2) is 0 Å². The fourth-order valence-electron chi connectivity index (χ4n) is 3.26. The van der Waals surface area contributed by atoms with Gasteiger partial charge in [0.1, 0.15) is 0 Å². The van der Waals surface area contributed by atoms with E-state index in [0.717, 1.165) is 50.5 Å². The molecule has 4 N–H and O–H groups in total. The van der Waals surface area contributed by atoms with Gasteiger partial charge in [-0.1, -0.05) is 0 Å². The first kappa shape index (κ1) is 14.6. The van der Waals surface area contributed by atoms with Gasteiger partial charge in [-0.05, 0) is 66.8 Å². The fourth-order valence-corrected chi connectivity index (χ4v) is 3.26. The number of H-pyrrole nitrogens is 4. The van der Waals surface area contributed by atoms with Crippen molar-refractivity contribution < 1.29 is 4.79 Å². The molecule has 0 saturated carbocycles. The predicted molar refractivity (Wildman–Crippen MR) is 101 cm³/mol. The summed E-state index contributed by atoms with van der Waals surface area (Å²) in [5.41, 5.74) is 4.53. The van der Waals surface area contributed by atoms with Crippen molar-refractivity contribution in [1.82, 2.24) is 19.9 Å². The van der Waals surface area contributed by atoms with Gasteiger partial charge >= 0.3 is 0 Å². The minimum absolute atomic E-state index is 0.632. The molecule has 1 aliphatic heterocycles. The molecule has 0 amide bonds. The number of nitrogens with one attached hydrogen (secondary N) is 4. The third-order valence-electron chi connectivity index (χ3n) is 4.45.